The number of carboxylic acid groups (broad SMARTS) is 1. The average molecular weight is 458 g/mol. The Morgan fingerprint density at radius 1 is 1.12 bits per heavy atom. The number of ether oxygens (including phenoxy) is 1. The molecule has 0 fully saturated rings. The summed E-state index contributed by atoms with van der Waals surface area (Å²) >= 11 is 0. The van der Waals surface area contributed by atoms with Gasteiger partial charge < -0.3 is 20.1 Å². The molecule has 0 aliphatic carbocycles. The second-order valence-corrected chi connectivity index (χ2v) is 7.76. The Morgan fingerprint density at radius 2 is 1.97 bits per heavy atom. The van der Waals surface area contributed by atoms with Gasteiger partial charge >= 0.3 is 0 Å². The molecule has 174 valence electrons. The van der Waals surface area contributed by atoms with Crippen molar-refractivity contribution >= 4 is 23.0 Å². The van der Waals surface area contributed by atoms with Crippen LogP contribution in [-0.4, -0.2) is 44.8 Å². The summed E-state index contributed by atoms with van der Waals surface area (Å²) in [5.41, 5.74) is 9.07. The highest BCUT2D eigenvalue weighted by atomic mass is 16.5. The van der Waals surface area contributed by atoms with E-state index in [1.807, 2.05) is 29.3 Å². The van der Waals surface area contributed by atoms with Crippen molar-refractivity contribution < 1.29 is 14.6 Å². The van der Waals surface area contributed by atoms with E-state index in [2.05, 4.69) is 56.8 Å². The van der Waals surface area contributed by atoms with Crippen LogP contribution in [0.1, 0.15) is 18.6 Å². The summed E-state index contributed by atoms with van der Waals surface area (Å²) in [5.74, 6) is 0.896. The zero-order valence-corrected chi connectivity index (χ0v) is 18.1. The lowest BCUT2D eigenvalue weighted by Gasteiger charge is -2.20. The molecule has 0 unspecified atom stereocenters. The zero-order chi connectivity index (χ0) is 22.8. The molecule has 8 heteroatoms. The molecule has 8 nitrogen and oxygen atoms in total. The molecule has 5 aromatic rings. The number of fused-ring (bicyclic) bond motifs is 3. The van der Waals surface area contributed by atoms with Crippen LogP contribution in [0.3, 0.4) is 0 Å². The van der Waals surface area contributed by atoms with Gasteiger partial charge in [-0.25, -0.2) is 9.50 Å². The van der Waals surface area contributed by atoms with Crippen LogP contribution in [0, 0.1) is 0 Å². The highest BCUT2D eigenvalue weighted by molar-refractivity contribution is 5.95. The largest absolute Gasteiger partial charge is 0.496 e. The van der Waals surface area contributed by atoms with Crippen molar-refractivity contribution in [1.29, 1.82) is 0 Å². The number of nitrogens with one attached hydrogen (secondary N) is 2. The van der Waals surface area contributed by atoms with E-state index in [0.29, 0.717) is 0 Å². The van der Waals surface area contributed by atoms with E-state index in [1.165, 1.54) is 11.1 Å². The molecule has 1 aromatic carbocycles. The standard InChI is InChI=1S/C24H21N5O.CH2O2.CH4/c1-30-23-12-15-2-6-25-13-17(15)10-20(23)21-14-28-29-9-5-16(11-22(21)29)18-3-7-26-24-19(18)4-8-27-24;2-1-3;/h3-5,7-12,14,25H,2,6,13H2,1H3,(H,26,27);1H,(H,2,3);1H4. The number of carbonyl (C=O) groups is 1. The van der Waals surface area contributed by atoms with Gasteiger partial charge in [-0.05, 0) is 71.6 Å². The van der Waals surface area contributed by atoms with Crippen molar-refractivity contribution in [2.45, 2.75) is 20.4 Å². The van der Waals surface area contributed by atoms with Crippen LogP contribution in [0.25, 0.3) is 38.8 Å². The number of hydrogen-bond donors (Lipinski definition) is 3. The summed E-state index contributed by atoms with van der Waals surface area (Å²) in [6, 6.07) is 12.9. The molecule has 0 bridgehead atoms. The molecule has 6 rings (SSSR count). The normalized spacial score (nSPS) is 12.4. The van der Waals surface area contributed by atoms with Gasteiger partial charge in [0.05, 0.1) is 18.8 Å². The summed E-state index contributed by atoms with van der Waals surface area (Å²) in [6.45, 7) is 1.65. The molecule has 34 heavy (non-hydrogen) atoms. The fourth-order valence-corrected chi connectivity index (χ4v) is 4.46. The highest BCUT2D eigenvalue weighted by Gasteiger charge is 2.18. The molecule has 0 spiro atoms. The maximum absolute atomic E-state index is 8.36. The van der Waals surface area contributed by atoms with Gasteiger partial charge in [0, 0.05) is 41.6 Å². The van der Waals surface area contributed by atoms with Crippen LogP contribution in [0.4, 0.5) is 0 Å². The Kier molecular flexibility index (Phi) is 6.60. The number of pyridine rings is 2. The van der Waals surface area contributed by atoms with Crippen molar-refractivity contribution in [3.63, 3.8) is 0 Å². The van der Waals surface area contributed by atoms with Crippen molar-refractivity contribution in [2.24, 2.45) is 0 Å². The number of nitrogens with zero attached hydrogens (tertiary/aromatic N) is 3. The van der Waals surface area contributed by atoms with E-state index >= 15 is 0 Å². The minimum atomic E-state index is -0.250. The number of methoxy groups -OCH3 is 1. The van der Waals surface area contributed by atoms with Gasteiger partial charge in [-0.3, -0.25) is 4.79 Å². The lowest BCUT2D eigenvalue weighted by Crippen LogP contribution is -2.23. The Bertz CT molecular complexity index is 1450. The van der Waals surface area contributed by atoms with E-state index < -0.39 is 0 Å². The van der Waals surface area contributed by atoms with E-state index in [0.717, 1.165) is 64.1 Å². The predicted octanol–water partition coefficient (Wildman–Crippen LogP) is 4.54. The second-order valence-electron chi connectivity index (χ2n) is 7.76. The Hall–Kier alpha value is -4.17. The topological polar surface area (TPSA) is 105 Å². The summed E-state index contributed by atoms with van der Waals surface area (Å²) in [7, 11) is 1.74. The van der Waals surface area contributed by atoms with Crippen LogP contribution >= 0.6 is 0 Å². The van der Waals surface area contributed by atoms with Crippen LogP contribution < -0.4 is 10.1 Å². The Balaban J connectivity index is 0.000000652. The first kappa shape index (κ1) is 23.0. The quantitative estimate of drug-likeness (QED) is 0.344. The summed E-state index contributed by atoms with van der Waals surface area (Å²) < 4.78 is 7.70. The van der Waals surface area contributed by atoms with E-state index in [9.17, 15) is 0 Å². The molecule has 5 heterocycles. The number of hydrogen-bond acceptors (Lipinski definition) is 5. The van der Waals surface area contributed by atoms with Crippen molar-refractivity contribution in [1.82, 2.24) is 24.9 Å². The maximum Gasteiger partial charge on any atom is 0.290 e. The van der Waals surface area contributed by atoms with Gasteiger partial charge in [0.2, 0.25) is 0 Å². The van der Waals surface area contributed by atoms with Gasteiger partial charge in [-0.15, -0.1) is 0 Å². The highest BCUT2D eigenvalue weighted by Crippen LogP contribution is 2.37. The maximum atomic E-state index is 8.36. The van der Waals surface area contributed by atoms with Crippen molar-refractivity contribution in [3.8, 4) is 28.0 Å². The minimum absolute atomic E-state index is 0. The summed E-state index contributed by atoms with van der Waals surface area (Å²) in [6.07, 6.45) is 8.74. The van der Waals surface area contributed by atoms with Gasteiger partial charge in [-0.2, -0.15) is 5.10 Å². The molecular formula is C26H27N5O3. The van der Waals surface area contributed by atoms with Gasteiger partial charge in [0.25, 0.3) is 6.47 Å². The molecule has 1 aliphatic heterocycles. The molecule has 1 aliphatic rings. The molecule has 0 amide bonds. The van der Waals surface area contributed by atoms with E-state index in [-0.39, 0.29) is 13.9 Å². The van der Waals surface area contributed by atoms with Gasteiger partial charge in [0.1, 0.15) is 11.4 Å². The fraction of sp³-hybridized carbons (Fsp3) is 0.192. The van der Waals surface area contributed by atoms with Gasteiger partial charge in [-0.1, -0.05) is 7.43 Å². The Morgan fingerprint density at radius 3 is 2.79 bits per heavy atom. The summed E-state index contributed by atoms with van der Waals surface area (Å²) in [4.78, 5) is 16.0. The third-order valence-electron chi connectivity index (χ3n) is 5.99. The lowest BCUT2D eigenvalue weighted by molar-refractivity contribution is -0.122. The van der Waals surface area contributed by atoms with E-state index in [1.54, 1.807) is 7.11 Å². The van der Waals surface area contributed by atoms with Crippen molar-refractivity contribution in [3.05, 3.63) is 72.3 Å². The van der Waals surface area contributed by atoms with E-state index in [4.69, 9.17) is 14.6 Å². The average Bonchev–Trinajstić information content (AvgIpc) is 3.50. The van der Waals surface area contributed by atoms with Crippen LogP contribution in [-0.2, 0) is 17.8 Å². The lowest BCUT2D eigenvalue weighted by atomic mass is 9.94. The number of rotatable bonds is 3. The molecule has 0 radical (unpaired) electrons. The molecule has 0 saturated carbocycles. The third kappa shape index (κ3) is 3.99. The number of aromatic amines is 1. The van der Waals surface area contributed by atoms with Crippen LogP contribution in [0.2, 0.25) is 0 Å². The fourth-order valence-electron chi connectivity index (χ4n) is 4.46. The SMILES string of the molecule is C.COc1cc2c(cc1-c1cnn3ccc(-c4ccnc5[nH]ccc45)cc13)CNCC2.O=CO. The molecule has 0 atom stereocenters. The monoisotopic (exact) mass is 457 g/mol. The third-order valence-corrected chi connectivity index (χ3v) is 5.99. The molecule has 3 N–H and O–H groups in total. The first-order valence-electron chi connectivity index (χ1n) is 10.6. The zero-order valence-electron chi connectivity index (χ0n) is 18.1. The molecular weight excluding hydrogens is 430 g/mol. The predicted molar refractivity (Wildman–Crippen MR) is 133 cm³/mol. The van der Waals surface area contributed by atoms with Crippen molar-refractivity contribution in [2.75, 3.05) is 13.7 Å². The Labute approximate surface area is 197 Å². The minimum Gasteiger partial charge on any atom is -0.496 e. The second kappa shape index (κ2) is 9.76. The van der Waals surface area contributed by atoms with Crippen LogP contribution in [0.15, 0.2) is 61.2 Å². The van der Waals surface area contributed by atoms with Gasteiger partial charge in [0.15, 0.2) is 0 Å². The number of aromatic nitrogens is 4. The smallest absolute Gasteiger partial charge is 0.290 e. The van der Waals surface area contributed by atoms with Crippen LogP contribution in [0.5, 0.6) is 5.75 Å². The number of H-pyrrole nitrogens is 1. The first-order valence-corrected chi connectivity index (χ1v) is 10.6. The molecule has 4 aromatic heterocycles. The first-order chi connectivity index (χ1) is 16.2. The summed E-state index contributed by atoms with van der Waals surface area (Å²) in [5, 5.41) is 16.1. The number of benzene rings is 1. The molecule has 0 saturated heterocycles.